The lowest BCUT2D eigenvalue weighted by molar-refractivity contribution is -0.129. The van der Waals surface area contributed by atoms with E-state index in [2.05, 4.69) is 58.0 Å². The third-order valence-corrected chi connectivity index (χ3v) is 11.6. The molecule has 6 unspecified atom stereocenters. The highest BCUT2D eigenvalue weighted by Crippen LogP contribution is 2.39. The molecule has 2 amide bonds. The highest BCUT2D eigenvalue weighted by molar-refractivity contribution is 5.82. The second kappa shape index (κ2) is 17.8. The fraction of sp³-hybridized carbons (Fsp3) is 0.319. The first-order chi connectivity index (χ1) is 26.9. The molecule has 5 aromatic carbocycles. The van der Waals surface area contributed by atoms with E-state index in [1.807, 2.05) is 91.9 Å². The normalized spacial score (nSPS) is 22.5. The number of carbonyl (C=O) groups excluding carboxylic acids is 2. The highest BCUT2D eigenvalue weighted by Gasteiger charge is 2.36. The predicted molar refractivity (Wildman–Crippen MR) is 217 cm³/mol. The van der Waals surface area contributed by atoms with E-state index in [-0.39, 0.29) is 47.5 Å². The number of nitrogens with one attached hydrogen (secondary N) is 2. The third kappa shape index (κ3) is 9.09. The molecule has 0 radical (unpaired) electrons. The Labute approximate surface area is 324 Å². The Balaban J connectivity index is 0.000000172. The van der Waals surface area contributed by atoms with E-state index in [1.54, 1.807) is 6.07 Å². The number of nitrogens with two attached hydrogens (primary N) is 1. The summed E-state index contributed by atoms with van der Waals surface area (Å²) >= 11 is 0. The first-order valence-electron chi connectivity index (χ1n) is 19.6. The molecular weight excluding hydrogens is 688 g/mol. The number of nitrogens with zero attached hydrogens (tertiary/aromatic N) is 1. The molecule has 5 aromatic rings. The summed E-state index contributed by atoms with van der Waals surface area (Å²) in [6.45, 7) is 5.26. The molecule has 7 nitrogen and oxygen atoms in total. The van der Waals surface area contributed by atoms with Crippen molar-refractivity contribution in [3.8, 4) is 16.9 Å². The molecule has 6 atom stereocenters. The summed E-state index contributed by atoms with van der Waals surface area (Å²) in [6.07, 6.45) is 3.02. The molecule has 0 aromatic heterocycles. The van der Waals surface area contributed by atoms with E-state index >= 15 is 0 Å². The number of ether oxygens (including phenoxy) is 1. The van der Waals surface area contributed by atoms with Crippen molar-refractivity contribution in [3.05, 3.63) is 156 Å². The quantitative estimate of drug-likeness (QED) is 0.151. The lowest BCUT2D eigenvalue weighted by Gasteiger charge is -2.42. The van der Waals surface area contributed by atoms with Gasteiger partial charge in [0.25, 0.3) is 5.91 Å². The number of para-hydroxylation sites is 1. The number of rotatable bonds is 8. The summed E-state index contributed by atoms with van der Waals surface area (Å²) in [4.78, 5) is 26.9. The largest absolute Gasteiger partial charge is 0.480 e. The molecule has 0 spiro atoms. The van der Waals surface area contributed by atoms with E-state index in [0.717, 1.165) is 68.9 Å². The zero-order valence-electron chi connectivity index (χ0n) is 31.4. The summed E-state index contributed by atoms with van der Waals surface area (Å²) in [5.74, 6) is 0.828. The second-order valence-electron chi connectivity index (χ2n) is 15.0. The zero-order chi connectivity index (χ0) is 38.1. The van der Waals surface area contributed by atoms with Crippen LogP contribution < -0.4 is 26.0 Å². The number of anilines is 1. The van der Waals surface area contributed by atoms with E-state index in [9.17, 15) is 14.0 Å². The van der Waals surface area contributed by atoms with Crippen LogP contribution >= 0.6 is 0 Å². The molecule has 284 valence electrons. The standard InChI is InChI=1S/C26H27FN2O.C21H24N2O2/c1-18(26(28)30)22-14-15-29(17-24(22)20-10-6-3-7-11-20)21-12-13-23(25(27)16-21)19-8-4-2-5-9-19;24-21(20-11-10-16-8-4-5-9-19(16)25-20)23-18-12-13-22-14-17(18)15-6-2-1-3-7-15/h2-13,16,18,22,24H,14-15,17H2,1H3,(H2,28,30);1-9,17-18,20,22H,10-14H2,(H,23,24). The predicted octanol–water partition coefficient (Wildman–Crippen LogP) is 7.87. The van der Waals surface area contributed by atoms with Crippen LogP contribution in [-0.4, -0.2) is 50.1 Å². The van der Waals surface area contributed by atoms with Gasteiger partial charge in [0.05, 0.1) is 0 Å². The summed E-state index contributed by atoms with van der Waals surface area (Å²) < 4.78 is 20.9. The zero-order valence-corrected chi connectivity index (χ0v) is 31.4. The monoisotopic (exact) mass is 738 g/mol. The number of fused-ring (bicyclic) bond motifs is 1. The van der Waals surface area contributed by atoms with Crippen LogP contribution in [0.25, 0.3) is 11.1 Å². The van der Waals surface area contributed by atoms with Crippen LogP contribution in [0.1, 0.15) is 54.7 Å². The number of primary amides is 1. The lowest BCUT2D eigenvalue weighted by atomic mass is 9.74. The van der Waals surface area contributed by atoms with Crippen molar-refractivity contribution >= 4 is 17.5 Å². The van der Waals surface area contributed by atoms with Gasteiger partial charge in [-0.05, 0) is 84.7 Å². The number of carbonyl (C=O) groups is 2. The Bertz CT molecular complexity index is 2030. The van der Waals surface area contributed by atoms with Gasteiger partial charge in [0, 0.05) is 54.7 Å². The molecule has 55 heavy (non-hydrogen) atoms. The van der Waals surface area contributed by atoms with Crippen LogP contribution in [0.5, 0.6) is 5.75 Å². The van der Waals surface area contributed by atoms with E-state index in [1.165, 1.54) is 16.7 Å². The maximum atomic E-state index is 14.9. The minimum Gasteiger partial charge on any atom is -0.480 e. The Morgan fingerprint density at radius 2 is 1.47 bits per heavy atom. The van der Waals surface area contributed by atoms with Crippen LogP contribution in [0.15, 0.2) is 133 Å². The molecule has 8 rings (SSSR count). The average molecular weight is 739 g/mol. The average Bonchev–Trinajstić information content (AvgIpc) is 3.24. The highest BCUT2D eigenvalue weighted by atomic mass is 19.1. The number of amides is 2. The molecule has 0 bridgehead atoms. The van der Waals surface area contributed by atoms with Crippen LogP contribution in [0, 0.1) is 17.7 Å². The maximum Gasteiger partial charge on any atom is 0.261 e. The second-order valence-corrected chi connectivity index (χ2v) is 15.0. The Kier molecular flexibility index (Phi) is 12.2. The summed E-state index contributed by atoms with van der Waals surface area (Å²) in [7, 11) is 0. The van der Waals surface area contributed by atoms with Gasteiger partial charge < -0.3 is 26.0 Å². The van der Waals surface area contributed by atoms with E-state index in [4.69, 9.17) is 10.5 Å². The Hall–Kier alpha value is -5.47. The number of hydrogen-bond donors (Lipinski definition) is 3. The van der Waals surface area contributed by atoms with E-state index < -0.39 is 0 Å². The molecular formula is C47H51FN4O3. The Morgan fingerprint density at radius 1 is 0.818 bits per heavy atom. The van der Waals surface area contributed by atoms with Crippen molar-refractivity contribution < 1.29 is 18.7 Å². The van der Waals surface area contributed by atoms with Gasteiger partial charge in [-0.15, -0.1) is 0 Å². The topological polar surface area (TPSA) is 96.7 Å². The number of piperidine rings is 2. The van der Waals surface area contributed by atoms with Crippen LogP contribution in [0.2, 0.25) is 0 Å². The summed E-state index contributed by atoms with van der Waals surface area (Å²) in [5.41, 5.74) is 11.7. The molecule has 4 N–H and O–H groups in total. The Morgan fingerprint density at radius 3 is 2.16 bits per heavy atom. The number of halogens is 1. The summed E-state index contributed by atoms with van der Waals surface area (Å²) in [6, 6.07) is 43.9. The molecule has 0 aliphatic carbocycles. The number of aryl methyl sites for hydroxylation is 1. The molecule has 2 fully saturated rings. The minimum atomic E-state index is -0.388. The fourth-order valence-corrected chi connectivity index (χ4v) is 8.49. The maximum absolute atomic E-state index is 14.9. The number of hydrogen-bond acceptors (Lipinski definition) is 5. The van der Waals surface area contributed by atoms with Gasteiger partial charge in [0.1, 0.15) is 11.6 Å². The smallest absolute Gasteiger partial charge is 0.261 e. The van der Waals surface area contributed by atoms with E-state index in [0.29, 0.717) is 11.5 Å². The van der Waals surface area contributed by atoms with Crippen LogP contribution in [-0.2, 0) is 16.0 Å². The molecule has 8 heteroatoms. The van der Waals surface area contributed by atoms with Crippen molar-refractivity contribution in [1.29, 1.82) is 0 Å². The van der Waals surface area contributed by atoms with Gasteiger partial charge in [0.15, 0.2) is 6.10 Å². The van der Waals surface area contributed by atoms with Gasteiger partial charge in [0.2, 0.25) is 5.91 Å². The van der Waals surface area contributed by atoms with Gasteiger partial charge in [-0.2, -0.15) is 0 Å². The van der Waals surface area contributed by atoms with Gasteiger partial charge in [-0.1, -0.05) is 116 Å². The van der Waals surface area contributed by atoms with Gasteiger partial charge >= 0.3 is 0 Å². The van der Waals surface area contributed by atoms with Crippen LogP contribution in [0.3, 0.4) is 0 Å². The number of benzene rings is 5. The van der Waals surface area contributed by atoms with Crippen molar-refractivity contribution in [2.75, 3.05) is 31.1 Å². The molecule has 2 saturated heterocycles. The lowest BCUT2D eigenvalue weighted by Crippen LogP contribution is -2.52. The fourth-order valence-electron chi connectivity index (χ4n) is 8.49. The van der Waals surface area contributed by atoms with Crippen molar-refractivity contribution in [3.63, 3.8) is 0 Å². The van der Waals surface area contributed by atoms with Crippen molar-refractivity contribution in [2.24, 2.45) is 17.6 Å². The minimum absolute atomic E-state index is 0.0161. The van der Waals surface area contributed by atoms with Crippen molar-refractivity contribution in [2.45, 2.75) is 56.6 Å². The SMILES string of the molecule is CC(C(N)=O)C1CCN(c2ccc(-c3ccccc3)c(F)c2)CC1c1ccccc1.O=C(NC1CCNCC1c1ccccc1)C1CCc2ccccc2O1. The summed E-state index contributed by atoms with van der Waals surface area (Å²) in [5, 5.41) is 6.71. The molecule has 3 aliphatic heterocycles. The van der Waals surface area contributed by atoms with Crippen molar-refractivity contribution in [1.82, 2.24) is 10.6 Å². The molecule has 3 heterocycles. The van der Waals surface area contributed by atoms with Gasteiger partial charge in [-0.3, -0.25) is 9.59 Å². The van der Waals surface area contributed by atoms with Gasteiger partial charge in [-0.25, -0.2) is 4.39 Å². The third-order valence-electron chi connectivity index (χ3n) is 11.6. The molecule has 0 saturated carbocycles. The van der Waals surface area contributed by atoms with Crippen LogP contribution in [0.4, 0.5) is 10.1 Å². The first kappa shape index (κ1) is 37.8. The first-order valence-corrected chi connectivity index (χ1v) is 19.6. The molecule has 3 aliphatic rings.